The summed E-state index contributed by atoms with van der Waals surface area (Å²) >= 11 is 0. The lowest BCUT2D eigenvalue weighted by molar-refractivity contribution is -0.343. The zero-order valence-corrected chi connectivity index (χ0v) is 17.1. The van der Waals surface area contributed by atoms with Crippen LogP contribution in [0.5, 0.6) is 0 Å². The summed E-state index contributed by atoms with van der Waals surface area (Å²) in [5, 5.41) is 0. The van der Waals surface area contributed by atoms with Crippen molar-refractivity contribution >= 4 is 6.29 Å². The lowest BCUT2D eigenvalue weighted by Gasteiger charge is -2.32. The monoisotopic (exact) mass is 436 g/mol. The molecule has 1 rings (SSSR count). The van der Waals surface area contributed by atoms with Gasteiger partial charge >= 0.3 is 18.0 Å². The number of alkyl halides is 7. The highest BCUT2D eigenvalue weighted by molar-refractivity contribution is 5.69. The Morgan fingerprint density at radius 3 is 2.20 bits per heavy atom. The Hall–Kier alpha value is -2.30. The molecule has 8 heteroatoms. The van der Waals surface area contributed by atoms with Gasteiger partial charge in [-0.3, -0.25) is 4.79 Å². The van der Waals surface area contributed by atoms with E-state index in [1.165, 1.54) is 5.57 Å². The molecule has 0 amide bonds. The predicted octanol–water partition coefficient (Wildman–Crippen LogP) is 6.98. The maximum absolute atomic E-state index is 13.8. The fraction of sp³-hybridized carbons (Fsp3) is 0.500. The fourth-order valence-corrected chi connectivity index (χ4v) is 3.14. The molecule has 1 aliphatic carbocycles. The van der Waals surface area contributed by atoms with Gasteiger partial charge < -0.3 is 0 Å². The molecule has 0 saturated carbocycles. The molecule has 0 spiro atoms. The molecule has 166 valence electrons. The van der Waals surface area contributed by atoms with Crippen molar-refractivity contribution < 1.29 is 35.5 Å². The van der Waals surface area contributed by atoms with Crippen molar-refractivity contribution in [1.29, 1.82) is 0 Å². The standard InChI is InChI=1S/C22H23F7O/c1-15(10-11-18-16(2)8-6-13-19(18,3)4)7-5-9-17(12-14-30)20(23,24)21(25,26)22(27,28)29/h7,10-12,14H,6,8,13H2,1-4H3/b11-10+,15-7+,17-12+. The van der Waals surface area contributed by atoms with E-state index < -0.39 is 23.6 Å². The number of rotatable bonds is 5. The third-order valence-electron chi connectivity index (χ3n) is 4.89. The molecule has 1 aliphatic rings. The van der Waals surface area contributed by atoms with Crippen LogP contribution in [0.1, 0.15) is 47.0 Å². The van der Waals surface area contributed by atoms with E-state index in [-0.39, 0.29) is 17.8 Å². The Morgan fingerprint density at radius 1 is 1.10 bits per heavy atom. The predicted molar refractivity (Wildman–Crippen MR) is 101 cm³/mol. The van der Waals surface area contributed by atoms with Crippen molar-refractivity contribution in [3.8, 4) is 11.8 Å². The molecule has 30 heavy (non-hydrogen) atoms. The highest BCUT2D eigenvalue weighted by Gasteiger charge is 2.74. The minimum absolute atomic E-state index is 0.0457. The minimum Gasteiger partial charge on any atom is -0.299 e. The number of halogens is 7. The zero-order chi connectivity index (χ0) is 23.4. The van der Waals surface area contributed by atoms with E-state index in [9.17, 15) is 35.5 Å². The van der Waals surface area contributed by atoms with Gasteiger partial charge in [0.15, 0.2) is 0 Å². The number of allylic oxidation sites excluding steroid dienone is 8. The molecular weight excluding hydrogens is 413 g/mol. The topological polar surface area (TPSA) is 17.1 Å². The lowest BCUT2D eigenvalue weighted by Crippen LogP contribution is -2.52. The van der Waals surface area contributed by atoms with E-state index in [4.69, 9.17) is 0 Å². The minimum atomic E-state index is -6.51. The number of hydrogen-bond acceptors (Lipinski definition) is 1. The normalized spacial score (nSPS) is 19.0. The summed E-state index contributed by atoms with van der Waals surface area (Å²) < 4.78 is 90.8. The van der Waals surface area contributed by atoms with Crippen LogP contribution >= 0.6 is 0 Å². The lowest BCUT2D eigenvalue weighted by atomic mass is 9.72. The van der Waals surface area contributed by atoms with Crippen molar-refractivity contribution in [3.05, 3.63) is 46.6 Å². The summed E-state index contributed by atoms with van der Waals surface area (Å²) in [6.07, 6.45) is 0.714. The van der Waals surface area contributed by atoms with Crippen molar-refractivity contribution in [3.63, 3.8) is 0 Å². The van der Waals surface area contributed by atoms with E-state index >= 15 is 0 Å². The van der Waals surface area contributed by atoms with Crippen LogP contribution in [0.2, 0.25) is 0 Å². The van der Waals surface area contributed by atoms with Crippen LogP contribution in [0.3, 0.4) is 0 Å². The van der Waals surface area contributed by atoms with E-state index in [2.05, 4.69) is 13.8 Å². The summed E-state index contributed by atoms with van der Waals surface area (Å²) in [5.41, 5.74) is 0.843. The van der Waals surface area contributed by atoms with Crippen LogP contribution in [0.4, 0.5) is 30.7 Å². The van der Waals surface area contributed by atoms with Crippen molar-refractivity contribution in [1.82, 2.24) is 0 Å². The third kappa shape index (κ3) is 5.65. The number of hydrogen-bond donors (Lipinski definition) is 0. The van der Waals surface area contributed by atoms with E-state index in [0.29, 0.717) is 5.57 Å². The average Bonchev–Trinajstić information content (AvgIpc) is 2.58. The molecule has 0 aromatic heterocycles. The van der Waals surface area contributed by atoms with Gasteiger partial charge in [0, 0.05) is 0 Å². The smallest absolute Gasteiger partial charge is 0.299 e. The molecule has 0 fully saturated rings. The summed E-state index contributed by atoms with van der Waals surface area (Å²) in [4.78, 5) is 10.5. The van der Waals surface area contributed by atoms with Crippen molar-refractivity contribution in [2.24, 2.45) is 5.41 Å². The second kappa shape index (κ2) is 9.23. The van der Waals surface area contributed by atoms with Gasteiger partial charge in [-0.05, 0) is 61.8 Å². The Bertz CT molecular complexity index is 841. The molecule has 0 bridgehead atoms. The summed E-state index contributed by atoms with van der Waals surface area (Å²) in [7, 11) is 0. The van der Waals surface area contributed by atoms with Gasteiger partial charge in [0.2, 0.25) is 0 Å². The number of aldehydes is 1. The van der Waals surface area contributed by atoms with Crippen LogP contribution in [0, 0.1) is 17.3 Å². The maximum Gasteiger partial charge on any atom is 0.460 e. The second-order valence-electron chi connectivity index (χ2n) is 7.79. The average molecular weight is 436 g/mol. The first-order valence-electron chi connectivity index (χ1n) is 9.13. The van der Waals surface area contributed by atoms with Crippen molar-refractivity contribution in [2.45, 2.75) is 65.0 Å². The number of carbonyl (C=O) groups excluding carboxylic acids is 1. The Labute approximate surface area is 171 Å². The SMILES string of the molecule is CC1=C(/C=C/C(C)=C/C#C/C(=C\C=O)C(F)(F)C(F)(F)C(F)(F)F)C(C)(C)CCC1. The van der Waals surface area contributed by atoms with Gasteiger partial charge in [-0.25, -0.2) is 0 Å². The van der Waals surface area contributed by atoms with Gasteiger partial charge in [0.1, 0.15) is 6.29 Å². The number of carbonyl (C=O) groups is 1. The van der Waals surface area contributed by atoms with E-state index in [0.717, 1.165) is 30.9 Å². The van der Waals surface area contributed by atoms with Gasteiger partial charge in [-0.2, -0.15) is 30.7 Å². The quantitative estimate of drug-likeness (QED) is 0.149. The molecule has 0 aliphatic heterocycles. The summed E-state index contributed by atoms with van der Waals surface area (Å²) in [6.45, 7) is 7.77. The molecule has 0 N–H and O–H groups in total. The first-order chi connectivity index (χ1) is 13.6. The largest absolute Gasteiger partial charge is 0.460 e. The summed E-state index contributed by atoms with van der Waals surface area (Å²) in [6, 6.07) is 0. The molecule has 0 unspecified atom stereocenters. The van der Waals surface area contributed by atoms with Gasteiger partial charge in [0.25, 0.3) is 0 Å². The first kappa shape index (κ1) is 25.7. The van der Waals surface area contributed by atoms with Gasteiger partial charge in [-0.1, -0.05) is 43.4 Å². The molecule has 0 aromatic carbocycles. The molecule has 0 aromatic rings. The third-order valence-corrected chi connectivity index (χ3v) is 4.89. The zero-order valence-electron chi connectivity index (χ0n) is 17.1. The maximum atomic E-state index is 13.8. The Morgan fingerprint density at radius 2 is 1.70 bits per heavy atom. The van der Waals surface area contributed by atoms with Crippen LogP contribution in [-0.4, -0.2) is 24.3 Å². The second-order valence-corrected chi connectivity index (χ2v) is 7.79. The van der Waals surface area contributed by atoms with Crippen LogP contribution < -0.4 is 0 Å². The molecule has 0 radical (unpaired) electrons. The summed E-state index contributed by atoms with van der Waals surface area (Å²) in [5.74, 6) is -8.47. The van der Waals surface area contributed by atoms with Gasteiger partial charge in [0.05, 0.1) is 5.57 Å². The first-order valence-corrected chi connectivity index (χ1v) is 9.13. The Kier molecular flexibility index (Phi) is 7.92. The van der Waals surface area contributed by atoms with Crippen LogP contribution in [-0.2, 0) is 4.79 Å². The highest BCUT2D eigenvalue weighted by atomic mass is 19.4. The molecule has 0 atom stereocenters. The van der Waals surface area contributed by atoms with Crippen molar-refractivity contribution in [2.75, 3.05) is 0 Å². The molecule has 1 nitrogen and oxygen atoms in total. The van der Waals surface area contributed by atoms with Crippen LogP contribution in [0.15, 0.2) is 46.6 Å². The molecular formula is C22H23F7O. The molecule has 0 saturated heterocycles. The fourth-order valence-electron chi connectivity index (χ4n) is 3.14. The van der Waals surface area contributed by atoms with E-state index in [1.54, 1.807) is 18.9 Å². The Balaban J connectivity index is 3.17. The van der Waals surface area contributed by atoms with E-state index in [1.807, 2.05) is 18.9 Å². The molecule has 0 heterocycles. The van der Waals surface area contributed by atoms with Gasteiger partial charge in [-0.15, -0.1) is 0 Å². The highest BCUT2D eigenvalue weighted by Crippen LogP contribution is 2.49. The van der Waals surface area contributed by atoms with Crippen LogP contribution in [0.25, 0.3) is 0 Å².